The summed E-state index contributed by atoms with van der Waals surface area (Å²) in [5, 5.41) is 8.45. The van der Waals surface area contributed by atoms with Crippen LogP contribution in [-0.4, -0.2) is 23.8 Å². The second-order valence-electron chi connectivity index (χ2n) is 1.50. The van der Waals surface area contributed by atoms with Crippen molar-refractivity contribution in [3.63, 3.8) is 0 Å². The molecule has 8 heavy (non-hydrogen) atoms. The average Bonchev–Trinajstić information content (AvgIpc) is 1.65. The van der Waals surface area contributed by atoms with E-state index in [1.54, 1.807) is 6.29 Å². The maximum absolute atomic E-state index is 9.68. The number of rotatable bonds is 3. The van der Waals surface area contributed by atoms with E-state index < -0.39 is 12.4 Å². The molecule has 0 aromatic rings. The highest BCUT2D eigenvalue weighted by molar-refractivity contribution is 5.56. The minimum absolute atomic E-state index is 0.630. The summed E-state index contributed by atoms with van der Waals surface area (Å²) >= 11 is 0. The van der Waals surface area contributed by atoms with Gasteiger partial charge < -0.3 is 9.84 Å². The molecule has 2 unspecified atom stereocenters. The standard InChI is InChI=1S/C5H9O3/c1-4(3-6)8-5(2)7/h4-5,7H,1-2H3. The normalized spacial score (nSPS) is 17.4. The Hall–Kier alpha value is -0.410. The zero-order chi connectivity index (χ0) is 6.57. The molecule has 0 bridgehead atoms. The monoisotopic (exact) mass is 117 g/mol. The third-order valence-electron chi connectivity index (χ3n) is 0.567. The van der Waals surface area contributed by atoms with E-state index in [4.69, 9.17) is 5.11 Å². The molecule has 0 aromatic heterocycles. The fraction of sp³-hybridized carbons (Fsp3) is 0.800. The summed E-state index contributed by atoms with van der Waals surface area (Å²) in [7, 11) is 0. The summed E-state index contributed by atoms with van der Waals surface area (Å²) in [6.45, 7) is 2.95. The molecule has 1 radical (unpaired) electrons. The van der Waals surface area contributed by atoms with Gasteiger partial charge in [-0.3, -0.25) is 4.79 Å². The SMILES string of the molecule is CC(O)OC(C)[C]=O. The van der Waals surface area contributed by atoms with Crippen molar-refractivity contribution < 1.29 is 14.6 Å². The quantitative estimate of drug-likeness (QED) is 0.522. The second-order valence-corrected chi connectivity index (χ2v) is 1.50. The Balaban J connectivity index is 3.23. The minimum Gasteiger partial charge on any atom is -0.368 e. The van der Waals surface area contributed by atoms with Gasteiger partial charge in [0, 0.05) is 0 Å². The summed E-state index contributed by atoms with van der Waals surface area (Å²) in [6.07, 6.45) is 0.0515. The van der Waals surface area contributed by atoms with Gasteiger partial charge in [-0.1, -0.05) is 0 Å². The summed E-state index contributed by atoms with van der Waals surface area (Å²) in [5.41, 5.74) is 0. The van der Waals surface area contributed by atoms with Gasteiger partial charge in [0.1, 0.15) is 6.10 Å². The van der Waals surface area contributed by atoms with Crippen LogP contribution in [-0.2, 0) is 9.53 Å². The lowest BCUT2D eigenvalue weighted by Gasteiger charge is -2.06. The van der Waals surface area contributed by atoms with E-state index >= 15 is 0 Å². The molecule has 3 nitrogen and oxygen atoms in total. The first-order chi connectivity index (χ1) is 3.66. The minimum atomic E-state index is -0.883. The van der Waals surface area contributed by atoms with Crippen molar-refractivity contribution in [1.82, 2.24) is 0 Å². The van der Waals surface area contributed by atoms with Crippen LogP contribution in [0, 0.1) is 0 Å². The maximum Gasteiger partial charge on any atom is 0.229 e. The van der Waals surface area contributed by atoms with Crippen LogP contribution in [0.3, 0.4) is 0 Å². The van der Waals surface area contributed by atoms with E-state index in [1.165, 1.54) is 13.8 Å². The second kappa shape index (κ2) is 3.57. The van der Waals surface area contributed by atoms with E-state index in [0.29, 0.717) is 0 Å². The zero-order valence-electron chi connectivity index (χ0n) is 4.92. The first-order valence-electron chi connectivity index (χ1n) is 2.38. The molecule has 3 heteroatoms. The van der Waals surface area contributed by atoms with Gasteiger partial charge in [-0.25, -0.2) is 0 Å². The number of carbonyl (C=O) groups excluding carboxylic acids is 1. The van der Waals surface area contributed by atoms with Crippen LogP contribution in [0.15, 0.2) is 0 Å². The van der Waals surface area contributed by atoms with Crippen molar-refractivity contribution in [3.05, 3.63) is 0 Å². The third-order valence-corrected chi connectivity index (χ3v) is 0.567. The molecule has 0 saturated heterocycles. The van der Waals surface area contributed by atoms with Gasteiger partial charge in [0.05, 0.1) is 0 Å². The van der Waals surface area contributed by atoms with Gasteiger partial charge in [0.2, 0.25) is 6.29 Å². The molecule has 0 aliphatic carbocycles. The Morgan fingerprint density at radius 1 is 1.62 bits per heavy atom. The number of aliphatic hydroxyl groups excluding tert-OH is 1. The fourth-order valence-electron chi connectivity index (χ4n) is 0.323. The van der Waals surface area contributed by atoms with E-state index in [9.17, 15) is 4.79 Å². The van der Waals surface area contributed by atoms with Crippen molar-refractivity contribution >= 4 is 6.29 Å². The van der Waals surface area contributed by atoms with Crippen molar-refractivity contribution in [2.75, 3.05) is 0 Å². The summed E-state index contributed by atoms with van der Waals surface area (Å²) in [4.78, 5) is 9.68. The van der Waals surface area contributed by atoms with Crippen LogP contribution >= 0.6 is 0 Å². The van der Waals surface area contributed by atoms with Crippen molar-refractivity contribution in [2.45, 2.75) is 26.2 Å². The van der Waals surface area contributed by atoms with Crippen LogP contribution < -0.4 is 0 Å². The van der Waals surface area contributed by atoms with Crippen LogP contribution in [0.2, 0.25) is 0 Å². The highest BCUT2D eigenvalue weighted by atomic mass is 16.6. The predicted molar refractivity (Wildman–Crippen MR) is 27.9 cm³/mol. The summed E-state index contributed by atoms with van der Waals surface area (Å²) in [6, 6.07) is 0. The highest BCUT2D eigenvalue weighted by Gasteiger charge is 2.02. The van der Waals surface area contributed by atoms with Crippen LogP contribution in [0.5, 0.6) is 0 Å². The van der Waals surface area contributed by atoms with E-state index in [-0.39, 0.29) is 0 Å². The molecular formula is C5H9O3. The van der Waals surface area contributed by atoms with Crippen molar-refractivity contribution in [1.29, 1.82) is 0 Å². The smallest absolute Gasteiger partial charge is 0.229 e. The first kappa shape index (κ1) is 7.59. The molecule has 2 atom stereocenters. The van der Waals surface area contributed by atoms with E-state index in [2.05, 4.69) is 4.74 Å². The molecule has 0 aromatic carbocycles. The molecule has 0 fully saturated rings. The van der Waals surface area contributed by atoms with Gasteiger partial charge >= 0.3 is 0 Å². The topological polar surface area (TPSA) is 46.5 Å². The summed E-state index contributed by atoms with van der Waals surface area (Å²) in [5.74, 6) is 0. The van der Waals surface area contributed by atoms with Crippen molar-refractivity contribution in [3.8, 4) is 0 Å². The van der Waals surface area contributed by atoms with Gasteiger partial charge in [-0.2, -0.15) is 0 Å². The Labute approximate surface area is 48.3 Å². The average molecular weight is 117 g/mol. The Kier molecular flexibility index (Phi) is 3.39. The molecule has 0 amide bonds. The lowest BCUT2D eigenvalue weighted by molar-refractivity contribution is -0.0980. The predicted octanol–water partition coefficient (Wildman–Crippen LogP) is -0.161. The van der Waals surface area contributed by atoms with Crippen LogP contribution in [0.25, 0.3) is 0 Å². The third kappa shape index (κ3) is 3.77. The number of ether oxygens (including phenoxy) is 1. The van der Waals surface area contributed by atoms with Gasteiger partial charge in [-0.15, -0.1) is 0 Å². The first-order valence-corrected chi connectivity index (χ1v) is 2.38. The molecule has 47 valence electrons. The maximum atomic E-state index is 9.68. The number of aliphatic hydroxyl groups is 1. The lowest BCUT2D eigenvalue weighted by Crippen LogP contribution is -2.16. The van der Waals surface area contributed by atoms with Crippen LogP contribution in [0.4, 0.5) is 0 Å². The molecule has 1 N–H and O–H groups in total. The zero-order valence-corrected chi connectivity index (χ0v) is 4.92. The molecule has 0 saturated carbocycles. The van der Waals surface area contributed by atoms with Gasteiger partial charge in [-0.05, 0) is 13.8 Å². The highest BCUT2D eigenvalue weighted by Crippen LogP contribution is 1.89. The Morgan fingerprint density at radius 2 is 2.12 bits per heavy atom. The number of hydrogen-bond donors (Lipinski definition) is 1. The summed E-state index contributed by atoms with van der Waals surface area (Å²) < 4.78 is 4.53. The molecular weight excluding hydrogens is 108 g/mol. The molecule has 0 heterocycles. The van der Waals surface area contributed by atoms with E-state index in [0.717, 1.165) is 0 Å². The van der Waals surface area contributed by atoms with Gasteiger partial charge in [0.15, 0.2) is 6.29 Å². The molecule has 0 aliphatic heterocycles. The number of hydrogen-bond acceptors (Lipinski definition) is 3. The van der Waals surface area contributed by atoms with Gasteiger partial charge in [0.25, 0.3) is 0 Å². The fourth-order valence-corrected chi connectivity index (χ4v) is 0.323. The largest absolute Gasteiger partial charge is 0.368 e. The molecule has 0 spiro atoms. The van der Waals surface area contributed by atoms with E-state index in [1.807, 2.05) is 0 Å². The van der Waals surface area contributed by atoms with Crippen molar-refractivity contribution in [2.24, 2.45) is 0 Å². The Morgan fingerprint density at radius 3 is 2.25 bits per heavy atom. The Bertz CT molecular complexity index is 70.1. The molecule has 0 rings (SSSR count). The lowest BCUT2D eigenvalue weighted by atomic mass is 10.5. The molecule has 0 aliphatic rings. The van der Waals surface area contributed by atoms with Crippen LogP contribution in [0.1, 0.15) is 13.8 Å².